The van der Waals surface area contributed by atoms with Crippen LogP contribution in [0.3, 0.4) is 0 Å². The number of aromatic nitrogens is 2. The second kappa shape index (κ2) is 7.84. The van der Waals surface area contributed by atoms with E-state index in [4.69, 9.17) is 9.15 Å². The fraction of sp³-hybridized carbons (Fsp3) is 0.556. The Morgan fingerprint density at radius 1 is 1.48 bits per heavy atom. The van der Waals surface area contributed by atoms with Crippen LogP contribution in [0.4, 0.5) is 0 Å². The van der Waals surface area contributed by atoms with E-state index in [0.717, 1.165) is 48.6 Å². The van der Waals surface area contributed by atoms with Crippen molar-refractivity contribution in [1.29, 1.82) is 0 Å². The highest BCUT2D eigenvalue weighted by atomic mass is 16.5. The highest BCUT2D eigenvalue weighted by molar-refractivity contribution is 5.94. The second-order valence-corrected chi connectivity index (χ2v) is 6.48. The zero-order valence-electron chi connectivity index (χ0n) is 15.1. The van der Waals surface area contributed by atoms with E-state index in [0.29, 0.717) is 24.9 Å². The Kier molecular flexibility index (Phi) is 5.55. The highest BCUT2D eigenvalue weighted by Crippen LogP contribution is 2.24. The lowest BCUT2D eigenvalue weighted by Gasteiger charge is -2.24. The number of ether oxygens (including phenoxy) is 1. The van der Waals surface area contributed by atoms with Crippen LogP contribution in [0.15, 0.2) is 16.5 Å². The molecule has 0 radical (unpaired) electrons. The molecule has 1 amide bonds. The van der Waals surface area contributed by atoms with Crippen LogP contribution in [0.2, 0.25) is 0 Å². The van der Waals surface area contributed by atoms with Crippen molar-refractivity contribution in [2.75, 3.05) is 20.3 Å². The predicted octanol–water partition coefficient (Wildman–Crippen LogP) is 1.34. The monoisotopic (exact) mass is 346 g/mol. The highest BCUT2D eigenvalue weighted by Gasteiger charge is 2.28. The van der Waals surface area contributed by atoms with Gasteiger partial charge in [0.25, 0.3) is 5.91 Å². The molecule has 2 N–H and O–H groups in total. The van der Waals surface area contributed by atoms with E-state index in [-0.39, 0.29) is 5.91 Å². The fourth-order valence-corrected chi connectivity index (χ4v) is 3.34. The molecular formula is C18H26N4O3. The van der Waals surface area contributed by atoms with Gasteiger partial charge < -0.3 is 19.8 Å². The summed E-state index contributed by atoms with van der Waals surface area (Å²) in [6.45, 7) is 3.76. The van der Waals surface area contributed by atoms with E-state index in [1.807, 2.05) is 30.8 Å². The van der Waals surface area contributed by atoms with E-state index in [1.165, 1.54) is 0 Å². The van der Waals surface area contributed by atoms with E-state index in [1.54, 1.807) is 7.11 Å². The largest absolute Gasteiger partial charge is 0.465 e. The predicted molar refractivity (Wildman–Crippen MR) is 93.5 cm³/mol. The molecule has 0 spiro atoms. The van der Waals surface area contributed by atoms with Crippen LogP contribution in [0.1, 0.15) is 39.7 Å². The maximum absolute atomic E-state index is 12.6. The van der Waals surface area contributed by atoms with Crippen molar-refractivity contribution >= 4 is 5.91 Å². The lowest BCUT2D eigenvalue weighted by molar-refractivity contribution is 0.0941. The van der Waals surface area contributed by atoms with Crippen LogP contribution in [-0.4, -0.2) is 42.0 Å². The minimum absolute atomic E-state index is 0.150. The van der Waals surface area contributed by atoms with Gasteiger partial charge >= 0.3 is 0 Å². The molecule has 7 nitrogen and oxygen atoms in total. The molecule has 136 valence electrons. The lowest BCUT2D eigenvalue weighted by atomic mass is 9.91. The first-order valence-corrected chi connectivity index (χ1v) is 8.69. The third-order valence-electron chi connectivity index (χ3n) is 4.63. The number of aryl methyl sites for hydroxylation is 2. The Labute approximate surface area is 147 Å². The summed E-state index contributed by atoms with van der Waals surface area (Å²) in [5.74, 6) is 1.43. The third-order valence-corrected chi connectivity index (χ3v) is 4.63. The first-order chi connectivity index (χ1) is 12.1. The van der Waals surface area contributed by atoms with Crippen molar-refractivity contribution < 1.29 is 13.9 Å². The summed E-state index contributed by atoms with van der Waals surface area (Å²) in [5.41, 5.74) is 2.74. The number of nitrogens with one attached hydrogen (secondary N) is 2. The van der Waals surface area contributed by atoms with E-state index in [2.05, 4.69) is 15.7 Å². The summed E-state index contributed by atoms with van der Waals surface area (Å²) in [6.07, 6.45) is 2.78. The van der Waals surface area contributed by atoms with Gasteiger partial charge in [-0.05, 0) is 38.3 Å². The normalized spacial score (nSPS) is 16.7. The van der Waals surface area contributed by atoms with Crippen LogP contribution < -0.4 is 10.6 Å². The van der Waals surface area contributed by atoms with Gasteiger partial charge in [0.05, 0.1) is 13.2 Å². The van der Waals surface area contributed by atoms with Crippen LogP contribution in [0, 0.1) is 6.92 Å². The molecule has 0 saturated heterocycles. The Morgan fingerprint density at radius 3 is 3.04 bits per heavy atom. The third kappa shape index (κ3) is 4.11. The molecule has 0 aliphatic heterocycles. The Morgan fingerprint density at radius 2 is 2.32 bits per heavy atom. The summed E-state index contributed by atoms with van der Waals surface area (Å²) < 4.78 is 12.4. The van der Waals surface area contributed by atoms with Crippen molar-refractivity contribution in [3.8, 4) is 0 Å². The van der Waals surface area contributed by atoms with E-state index in [9.17, 15) is 4.79 Å². The number of furan rings is 1. The average Bonchev–Trinajstić information content (AvgIpc) is 3.16. The van der Waals surface area contributed by atoms with Gasteiger partial charge in [-0.25, -0.2) is 0 Å². The number of hydrogen-bond donors (Lipinski definition) is 2. The summed E-state index contributed by atoms with van der Waals surface area (Å²) in [5, 5.41) is 10.9. The van der Waals surface area contributed by atoms with Gasteiger partial charge in [0.1, 0.15) is 11.5 Å². The van der Waals surface area contributed by atoms with Crippen molar-refractivity contribution in [3.05, 3.63) is 40.6 Å². The Hall–Kier alpha value is -2.12. The van der Waals surface area contributed by atoms with Gasteiger partial charge in [-0.2, -0.15) is 5.10 Å². The number of rotatable bonds is 7. The van der Waals surface area contributed by atoms with Crippen molar-refractivity contribution in [2.24, 2.45) is 7.05 Å². The smallest absolute Gasteiger partial charge is 0.272 e. The zero-order chi connectivity index (χ0) is 17.8. The molecule has 0 aromatic carbocycles. The van der Waals surface area contributed by atoms with E-state index < -0.39 is 0 Å². The molecule has 2 aromatic rings. The molecule has 0 fully saturated rings. The van der Waals surface area contributed by atoms with Crippen LogP contribution >= 0.6 is 0 Å². The molecule has 1 unspecified atom stereocenters. The molecule has 0 saturated carbocycles. The number of amides is 1. The van der Waals surface area contributed by atoms with Crippen LogP contribution in [0.5, 0.6) is 0 Å². The van der Waals surface area contributed by atoms with Gasteiger partial charge in [0.2, 0.25) is 0 Å². The summed E-state index contributed by atoms with van der Waals surface area (Å²) >= 11 is 0. The number of methoxy groups -OCH3 is 1. The maximum atomic E-state index is 12.6. The summed E-state index contributed by atoms with van der Waals surface area (Å²) in [4.78, 5) is 12.6. The van der Waals surface area contributed by atoms with Gasteiger partial charge in [0.15, 0.2) is 5.69 Å². The quantitative estimate of drug-likeness (QED) is 0.740. The van der Waals surface area contributed by atoms with Gasteiger partial charge in [-0.3, -0.25) is 9.48 Å². The molecule has 25 heavy (non-hydrogen) atoms. The number of carbonyl (C=O) groups excluding carboxylic acids is 1. The molecule has 7 heteroatoms. The Balaban J connectivity index is 1.67. The minimum atomic E-state index is -0.150. The topological polar surface area (TPSA) is 81.3 Å². The van der Waals surface area contributed by atoms with Crippen molar-refractivity contribution in [2.45, 2.75) is 38.8 Å². The number of carbonyl (C=O) groups is 1. The van der Waals surface area contributed by atoms with Gasteiger partial charge in [0, 0.05) is 38.0 Å². The molecule has 2 heterocycles. The van der Waals surface area contributed by atoms with E-state index >= 15 is 0 Å². The van der Waals surface area contributed by atoms with Crippen molar-refractivity contribution in [3.63, 3.8) is 0 Å². The second-order valence-electron chi connectivity index (χ2n) is 6.48. The average molecular weight is 346 g/mol. The molecular weight excluding hydrogens is 320 g/mol. The standard InChI is InChI=1S/C18H26N4O3/c1-12-4-6-14(25-12)11-20-18(23)17-15-10-13(19-8-9-24-3)5-7-16(15)22(2)21-17/h4,6,13,19H,5,7-11H2,1-3H3,(H,20,23). The minimum Gasteiger partial charge on any atom is -0.465 e. The van der Waals surface area contributed by atoms with Crippen LogP contribution in [-0.2, 0) is 31.2 Å². The van der Waals surface area contributed by atoms with Crippen molar-refractivity contribution in [1.82, 2.24) is 20.4 Å². The lowest BCUT2D eigenvalue weighted by Crippen LogP contribution is -2.37. The molecule has 1 aliphatic carbocycles. The van der Waals surface area contributed by atoms with Gasteiger partial charge in [-0.1, -0.05) is 0 Å². The SMILES string of the molecule is COCCNC1CCc2c(c(C(=O)NCc3ccc(C)o3)nn2C)C1. The molecule has 1 atom stereocenters. The fourth-order valence-electron chi connectivity index (χ4n) is 3.34. The first kappa shape index (κ1) is 17.7. The number of nitrogens with zero attached hydrogens (tertiary/aromatic N) is 2. The number of fused-ring (bicyclic) bond motifs is 1. The van der Waals surface area contributed by atoms with Crippen LogP contribution in [0.25, 0.3) is 0 Å². The molecule has 3 rings (SSSR count). The first-order valence-electron chi connectivity index (χ1n) is 8.69. The Bertz CT molecular complexity index is 735. The summed E-state index contributed by atoms with van der Waals surface area (Å²) in [7, 11) is 3.61. The zero-order valence-corrected chi connectivity index (χ0v) is 15.1. The summed E-state index contributed by atoms with van der Waals surface area (Å²) in [6, 6.07) is 4.12. The molecule has 2 aromatic heterocycles. The molecule has 0 bridgehead atoms. The maximum Gasteiger partial charge on any atom is 0.272 e. The van der Waals surface area contributed by atoms with Gasteiger partial charge in [-0.15, -0.1) is 0 Å². The number of hydrogen-bond acceptors (Lipinski definition) is 5. The molecule has 1 aliphatic rings.